The summed E-state index contributed by atoms with van der Waals surface area (Å²) in [5.74, 6) is -0.125. The Hall–Kier alpha value is -3.38. The molecule has 1 N–H and O–H groups in total. The second-order valence-corrected chi connectivity index (χ2v) is 7.06. The third-order valence-electron chi connectivity index (χ3n) is 4.09. The smallest absolute Gasteiger partial charge is 0.186 e. The summed E-state index contributed by atoms with van der Waals surface area (Å²) in [4.78, 5) is 16.9. The minimum absolute atomic E-state index is 0.125. The number of hydrogen-bond donors (Lipinski definition) is 1. The van der Waals surface area contributed by atoms with Crippen LogP contribution in [0.4, 0.5) is 5.69 Å². The van der Waals surface area contributed by atoms with Crippen molar-refractivity contribution >= 4 is 39.3 Å². The van der Waals surface area contributed by atoms with Crippen molar-refractivity contribution in [3.63, 3.8) is 0 Å². The van der Waals surface area contributed by atoms with Crippen LogP contribution >= 0.6 is 11.8 Å². The Kier molecular flexibility index (Phi) is 5.21. The van der Waals surface area contributed by atoms with Gasteiger partial charge in [0.15, 0.2) is 16.0 Å². The number of carbonyl (C=O) groups is 1. The van der Waals surface area contributed by atoms with E-state index in [1.54, 1.807) is 0 Å². The highest BCUT2D eigenvalue weighted by molar-refractivity contribution is 8.15. The highest BCUT2D eigenvalue weighted by Crippen LogP contribution is 2.29. The van der Waals surface area contributed by atoms with E-state index >= 15 is 0 Å². The van der Waals surface area contributed by atoms with Gasteiger partial charge in [0.25, 0.3) is 0 Å². The van der Waals surface area contributed by atoms with Crippen molar-refractivity contribution in [3.05, 3.63) is 84.9 Å². The van der Waals surface area contributed by atoms with E-state index in [4.69, 9.17) is 4.98 Å². The van der Waals surface area contributed by atoms with Crippen molar-refractivity contribution in [2.45, 2.75) is 12.1 Å². The Morgan fingerprint density at radius 3 is 2.29 bits per heavy atom. The van der Waals surface area contributed by atoms with E-state index in [1.807, 2.05) is 89.5 Å². The molecule has 0 fully saturated rings. The van der Waals surface area contributed by atoms with E-state index in [-0.39, 0.29) is 5.78 Å². The second kappa shape index (κ2) is 8.10. The number of anilines is 1. The van der Waals surface area contributed by atoms with Crippen molar-refractivity contribution in [2.75, 3.05) is 5.43 Å². The molecule has 0 aliphatic carbocycles. The SMILES string of the molecule is CC(=O)/C(=N/Nc1ccccc1)Sc1nc2ccccc2n1-c1ccccc1. The summed E-state index contributed by atoms with van der Waals surface area (Å²) in [6.07, 6.45) is 0. The molecule has 4 rings (SSSR count). The largest absolute Gasteiger partial charge is 0.292 e. The van der Waals surface area contributed by atoms with Gasteiger partial charge < -0.3 is 0 Å². The van der Waals surface area contributed by atoms with Crippen LogP contribution in [0.1, 0.15) is 6.92 Å². The Morgan fingerprint density at radius 1 is 0.929 bits per heavy atom. The van der Waals surface area contributed by atoms with Gasteiger partial charge in [-0.3, -0.25) is 14.8 Å². The lowest BCUT2D eigenvalue weighted by atomic mass is 10.3. The number of fused-ring (bicyclic) bond motifs is 1. The molecule has 0 saturated heterocycles. The molecule has 4 aromatic rings. The third kappa shape index (κ3) is 3.82. The van der Waals surface area contributed by atoms with Gasteiger partial charge in [0.05, 0.1) is 16.7 Å². The number of hydrogen-bond acceptors (Lipinski definition) is 5. The Morgan fingerprint density at radius 2 is 1.57 bits per heavy atom. The number of rotatable bonds is 5. The molecule has 5 nitrogen and oxygen atoms in total. The number of hydrazone groups is 1. The summed E-state index contributed by atoms with van der Waals surface area (Å²) in [5, 5.41) is 5.36. The van der Waals surface area contributed by atoms with Gasteiger partial charge in [-0.25, -0.2) is 4.98 Å². The van der Waals surface area contributed by atoms with Gasteiger partial charge in [0, 0.05) is 12.6 Å². The van der Waals surface area contributed by atoms with Crippen LogP contribution < -0.4 is 5.43 Å². The van der Waals surface area contributed by atoms with Gasteiger partial charge >= 0.3 is 0 Å². The molecule has 0 atom stereocenters. The topological polar surface area (TPSA) is 59.3 Å². The summed E-state index contributed by atoms with van der Waals surface area (Å²) in [6.45, 7) is 1.51. The maximum Gasteiger partial charge on any atom is 0.186 e. The molecule has 0 radical (unpaired) electrons. The summed E-state index contributed by atoms with van der Waals surface area (Å²) >= 11 is 1.25. The van der Waals surface area contributed by atoms with Crippen LogP contribution in [0.5, 0.6) is 0 Å². The molecule has 0 bridgehead atoms. The summed E-state index contributed by atoms with van der Waals surface area (Å²) in [7, 11) is 0. The molecule has 0 spiro atoms. The fraction of sp³-hybridized carbons (Fsp3) is 0.0455. The van der Waals surface area contributed by atoms with E-state index < -0.39 is 0 Å². The Balaban J connectivity index is 1.74. The second-order valence-electron chi connectivity index (χ2n) is 6.11. The molecular weight excluding hydrogens is 368 g/mol. The maximum atomic E-state index is 12.2. The maximum absolute atomic E-state index is 12.2. The van der Waals surface area contributed by atoms with Crippen LogP contribution in [0.2, 0.25) is 0 Å². The first-order valence-corrected chi connectivity index (χ1v) is 9.64. The van der Waals surface area contributed by atoms with Gasteiger partial charge in [-0.1, -0.05) is 48.5 Å². The van der Waals surface area contributed by atoms with Gasteiger partial charge in [-0.15, -0.1) is 0 Å². The van der Waals surface area contributed by atoms with Crippen LogP contribution in [-0.2, 0) is 4.79 Å². The normalized spacial score (nSPS) is 11.5. The molecule has 1 aromatic heterocycles. The van der Waals surface area contributed by atoms with E-state index in [9.17, 15) is 4.79 Å². The standard InChI is InChI=1S/C22H18N4OS/c1-16(27)21(25-24-17-10-4-2-5-11-17)28-22-23-19-14-8-9-15-20(19)26(22)18-12-6-3-7-13-18/h2-15,24H,1H3/b25-21-. The fourth-order valence-electron chi connectivity index (χ4n) is 2.79. The lowest BCUT2D eigenvalue weighted by Crippen LogP contribution is -2.10. The third-order valence-corrected chi connectivity index (χ3v) is 5.12. The number of Topliss-reactive ketones (excluding diaryl/α,β-unsaturated/α-hetero) is 1. The summed E-state index contributed by atoms with van der Waals surface area (Å²) in [6, 6.07) is 27.4. The monoisotopic (exact) mass is 386 g/mol. The quantitative estimate of drug-likeness (QED) is 0.223. The van der Waals surface area contributed by atoms with Gasteiger partial charge in [-0.2, -0.15) is 5.10 Å². The molecule has 3 aromatic carbocycles. The molecule has 28 heavy (non-hydrogen) atoms. The molecule has 0 aliphatic heterocycles. The number of nitrogens with one attached hydrogen (secondary N) is 1. The highest BCUT2D eigenvalue weighted by atomic mass is 32.2. The average Bonchev–Trinajstić information content (AvgIpc) is 3.10. The molecule has 0 unspecified atom stereocenters. The van der Waals surface area contributed by atoms with Gasteiger partial charge in [-0.05, 0) is 48.2 Å². The van der Waals surface area contributed by atoms with Crippen LogP contribution in [0.3, 0.4) is 0 Å². The summed E-state index contributed by atoms with van der Waals surface area (Å²) < 4.78 is 2.04. The first-order valence-electron chi connectivity index (χ1n) is 8.83. The molecule has 0 amide bonds. The first kappa shape index (κ1) is 18.0. The number of para-hydroxylation sites is 4. The van der Waals surface area contributed by atoms with Crippen LogP contribution in [0.15, 0.2) is 95.2 Å². The van der Waals surface area contributed by atoms with Crippen molar-refractivity contribution < 1.29 is 4.79 Å². The van der Waals surface area contributed by atoms with E-state index in [2.05, 4.69) is 10.5 Å². The first-order chi connectivity index (χ1) is 13.7. The number of ketones is 1. The Labute approximate surface area is 167 Å². The van der Waals surface area contributed by atoms with Crippen LogP contribution in [0, 0.1) is 0 Å². The zero-order valence-corrected chi connectivity index (χ0v) is 16.1. The molecule has 6 heteroatoms. The Bertz CT molecular complexity index is 1140. The van der Waals surface area contributed by atoms with Crippen molar-refractivity contribution in [1.29, 1.82) is 0 Å². The average molecular weight is 386 g/mol. The van der Waals surface area contributed by atoms with Gasteiger partial charge in [0.1, 0.15) is 0 Å². The van der Waals surface area contributed by atoms with E-state index in [1.165, 1.54) is 18.7 Å². The number of thioether (sulfide) groups is 1. The van der Waals surface area contributed by atoms with Crippen LogP contribution in [0.25, 0.3) is 16.7 Å². The zero-order valence-electron chi connectivity index (χ0n) is 15.2. The van der Waals surface area contributed by atoms with E-state index in [0.717, 1.165) is 22.4 Å². The molecular formula is C22H18N4OS. The minimum atomic E-state index is -0.125. The minimum Gasteiger partial charge on any atom is -0.292 e. The lowest BCUT2D eigenvalue weighted by Gasteiger charge is -2.09. The van der Waals surface area contributed by atoms with Crippen molar-refractivity contribution in [1.82, 2.24) is 9.55 Å². The van der Waals surface area contributed by atoms with E-state index in [0.29, 0.717) is 10.2 Å². The highest BCUT2D eigenvalue weighted by Gasteiger charge is 2.17. The number of nitrogens with zero attached hydrogens (tertiary/aromatic N) is 3. The molecule has 138 valence electrons. The summed E-state index contributed by atoms with van der Waals surface area (Å²) in [5.41, 5.74) is 6.60. The number of imidazole rings is 1. The molecule has 0 saturated carbocycles. The number of benzene rings is 3. The number of carbonyl (C=O) groups excluding carboxylic acids is 1. The lowest BCUT2D eigenvalue weighted by molar-refractivity contribution is -0.110. The van der Waals surface area contributed by atoms with Gasteiger partial charge in [0.2, 0.25) is 0 Å². The number of aromatic nitrogens is 2. The predicted molar refractivity (Wildman–Crippen MR) is 115 cm³/mol. The predicted octanol–water partition coefficient (Wildman–Crippen LogP) is 5.13. The fourth-order valence-corrected chi connectivity index (χ4v) is 3.63. The van der Waals surface area contributed by atoms with Crippen molar-refractivity contribution in [3.8, 4) is 5.69 Å². The zero-order chi connectivity index (χ0) is 19.3. The van der Waals surface area contributed by atoms with Crippen LogP contribution in [-0.4, -0.2) is 20.4 Å². The molecule has 0 aliphatic rings. The van der Waals surface area contributed by atoms with Crippen molar-refractivity contribution in [2.24, 2.45) is 5.10 Å². The molecule has 1 heterocycles.